The largest absolute Gasteiger partial charge is 0.435 e. The Morgan fingerprint density at radius 2 is 2.09 bits per heavy atom. The summed E-state index contributed by atoms with van der Waals surface area (Å²) in [5.74, 6) is -1.21. The van der Waals surface area contributed by atoms with Gasteiger partial charge in [0.05, 0.1) is 22.5 Å². The second-order valence-electron chi connectivity index (χ2n) is 10.1. The summed E-state index contributed by atoms with van der Waals surface area (Å²) in [5.41, 5.74) is 4.78. The number of fused-ring (bicyclic) bond motifs is 1. The maximum absolute atomic E-state index is 13.8. The van der Waals surface area contributed by atoms with Crippen LogP contribution in [0.15, 0.2) is 30.9 Å². The van der Waals surface area contributed by atoms with Crippen LogP contribution in [0.25, 0.3) is 5.69 Å². The molecule has 7 nitrogen and oxygen atoms in total. The molecule has 2 aromatic rings. The van der Waals surface area contributed by atoms with Gasteiger partial charge in [-0.1, -0.05) is 19.9 Å². The highest BCUT2D eigenvalue weighted by Crippen LogP contribution is 2.42. The number of ketones is 1. The molecule has 188 valence electrons. The van der Waals surface area contributed by atoms with Crippen molar-refractivity contribution < 1.29 is 22.8 Å². The number of anilines is 1. The molecule has 4 rings (SSSR count). The van der Waals surface area contributed by atoms with E-state index in [-0.39, 0.29) is 35.7 Å². The number of benzene rings is 1. The summed E-state index contributed by atoms with van der Waals surface area (Å²) in [5, 5.41) is 7.22. The van der Waals surface area contributed by atoms with Crippen molar-refractivity contribution in [2.24, 2.45) is 11.1 Å². The molecule has 2 heterocycles. The Kier molecular flexibility index (Phi) is 6.52. The van der Waals surface area contributed by atoms with E-state index in [2.05, 4.69) is 21.9 Å². The van der Waals surface area contributed by atoms with E-state index in [1.807, 2.05) is 19.9 Å². The number of halogens is 3. The van der Waals surface area contributed by atoms with Crippen LogP contribution in [-0.4, -0.2) is 52.0 Å². The van der Waals surface area contributed by atoms with Crippen LogP contribution in [0.4, 0.5) is 18.9 Å². The van der Waals surface area contributed by atoms with Crippen LogP contribution in [0.1, 0.15) is 65.2 Å². The predicted molar refractivity (Wildman–Crippen MR) is 127 cm³/mol. The number of carbonyl (C=O) groups is 2. The highest BCUT2D eigenvalue weighted by Gasteiger charge is 2.45. The third-order valence-electron chi connectivity index (χ3n) is 6.58. The standard InChI is InChI=1S/C25H30F3N5O2/c1-4-9-32-10-5-6-15(14-32)30-18-11-16(7-8-17(18)23(29)35)33-19-12-24(2,3)13-20(34)21(19)22(31-33)25(26,27)28/h4,7-8,11,15,30H,1,5-6,9-10,12-14H2,2-3H3,(H2,29,35)/t15-/m0/s1. The van der Waals surface area contributed by atoms with E-state index >= 15 is 0 Å². The van der Waals surface area contributed by atoms with Crippen LogP contribution in [0.2, 0.25) is 0 Å². The van der Waals surface area contributed by atoms with Gasteiger partial charge in [-0.05, 0) is 49.4 Å². The van der Waals surface area contributed by atoms with Gasteiger partial charge in [0.2, 0.25) is 0 Å². The summed E-state index contributed by atoms with van der Waals surface area (Å²) in [7, 11) is 0. The van der Waals surface area contributed by atoms with E-state index in [9.17, 15) is 22.8 Å². The highest BCUT2D eigenvalue weighted by atomic mass is 19.4. The fraction of sp³-hybridized carbons (Fsp3) is 0.480. The molecule has 1 amide bonds. The maximum atomic E-state index is 13.8. The van der Waals surface area contributed by atoms with Crippen LogP contribution in [0.5, 0.6) is 0 Å². The van der Waals surface area contributed by atoms with Crippen molar-refractivity contribution in [1.82, 2.24) is 14.7 Å². The second-order valence-corrected chi connectivity index (χ2v) is 10.1. The number of hydrogen-bond donors (Lipinski definition) is 2. The molecular formula is C25H30F3N5O2. The fourth-order valence-electron chi connectivity index (χ4n) is 5.10. The number of nitrogens with zero attached hydrogens (tertiary/aromatic N) is 3. The molecule has 1 aliphatic heterocycles. The van der Waals surface area contributed by atoms with Crippen LogP contribution >= 0.6 is 0 Å². The van der Waals surface area contributed by atoms with Gasteiger partial charge in [0.15, 0.2) is 11.5 Å². The Labute approximate surface area is 202 Å². The number of Topliss-reactive ketones (excluding diaryl/α,β-unsaturated/α-hetero) is 1. The molecule has 2 aliphatic rings. The van der Waals surface area contributed by atoms with E-state index in [4.69, 9.17) is 5.73 Å². The highest BCUT2D eigenvalue weighted by molar-refractivity contribution is 6.00. The first-order valence-corrected chi connectivity index (χ1v) is 11.7. The van der Waals surface area contributed by atoms with Crippen molar-refractivity contribution in [2.45, 2.75) is 51.7 Å². The molecule has 3 N–H and O–H groups in total. The van der Waals surface area contributed by atoms with Crippen LogP contribution < -0.4 is 11.1 Å². The summed E-state index contributed by atoms with van der Waals surface area (Å²) in [6.45, 7) is 9.88. The average Bonchev–Trinajstić information content (AvgIpc) is 3.13. The molecule has 0 saturated carbocycles. The fourth-order valence-corrected chi connectivity index (χ4v) is 5.10. The number of primary amides is 1. The van der Waals surface area contributed by atoms with E-state index in [1.54, 1.807) is 6.07 Å². The first-order chi connectivity index (χ1) is 16.4. The SMILES string of the molecule is C=CCN1CCC[C@H](Nc2cc(-n3nc(C(F)(F)F)c4c3CC(C)(C)CC4=O)ccc2C(N)=O)C1. The van der Waals surface area contributed by atoms with E-state index in [0.717, 1.165) is 32.5 Å². The lowest BCUT2D eigenvalue weighted by atomic mass is 9.75. The molecule has 1 aromatic carbocycles. The quantitative estimate of drug-likeness (QED) is 0.593. The van der Waals surface area contributed by atoms with Crippen molar-refractivity contribution in [3.63, 3.8) is 0 Å². The molecule has 1 fully saturated rings. The number of nitrogens with one attached hydrogen (secondary N) is 1. The minimum Gasteiger partial charge on any atom is -0.380 e. The van der Waals surface area contributed by atoms with Crippen molar-refractivity contribution in [3.8, 4) is 5.69 Å². The molecule has 1 atom stereocenters. The van der Waals surface area contributed by atoms with Crippen LogP contribution in [0.3, 0.4) is 0 Å². The van der Waals surface area contributed by atoms with Gasteiger partial charge in [-0.3, -0.25) is 14.5 Å². The summed E-state index contributed by atoms with van der Waals surface area (Å²) >= 11 is 0. The van der Waals surface area contributed by atoms with E-state index < -0.39 is 29.0 Å². The lowest BCUT2D eigenvalue weighted by Crippen LogP contribution is -2.42. The third kappa shape index (κ3) is 5.12. The topological polar surface area (TPSA) is 93.2 Å². The monoisotopic (exact) mass is 489 g/mol. The number of alkyl halides is 3. The molecule has 35 heavy (non-hydrogen) atoms. The summed E-state index contributed by atoms with van der Waals surface area (Å²) in [4.78, 5) is 27.1. The Morgan fingerprint density at radius 1 is 1.34 bits per heavy atom. The Bertz CT molecular complexity index is 1170. The lowest BCUT2D eigenvalue weighted by Gasteiger charge is -2.33. The molecule has 1 aliphatic carbocycles. The number of aromatic nitrogens is 2. The van der Waals surface area contributed by atoms with Gasteiger partial charge in [0.1, 0.15) is 0 Å². The number of piperidine rings is 1. The number of rotatable bonds is 6. The zero-order chi connectivity index (χ0) is 25.5. The van der Waals surface area contributed by atoms with Crippen LogP contribution in [-0.2, 0) is 12.6 Å². The van der Waals surface area contributed by atoms with Crippen molar-refractivity contribution in [3.05, 3.63) is 53.4 Å². The molecule has 10 heteroatoms. The average molecular weight is 490 g/mol. The number of nitrogens with two attached hydrogens (primary N) is 1. The minimum atomic E-state index is -4.77. The van der Waals surface area contributed by atoms with Gasteiger partial charge in [0, 0.05) is 31.2 Å². The molecule has 0 spiro atoms. The zero-order valence-electron chi connectivity index (χ0n) is 19.9. The van der Waals surface area contributed by atoms with E-state index in [1.165, 1.54) is 16.8 Å². The molecule has 1 aromatic heterocycles. The lowest BCUT2D eigenvalue weighted by molar-refractivity contribution is -0.141. The van der Waals surface area contributed by atoms with Crippen molar-refractivity contribution in [1.29, 1.82) is 0 Å². The Morgan fingerprint density at radius 3 is 2.74 bits per heavy atom. The zero-order valence-corrected chi connectivity index (χ0v) is 19.9. The molecule has 0 radical (unpaired) electrons. The predicted octanol–water partition coefficient (Wildman–Crippen LogP) is 4.21. The number of hydrogen-bond acceptors (Lipinski definition) is 5. The first-order valence-electron chi connectivity index (χ1n) is 11.7. The third-order valence-corrected chi connectivity index (χ3v) is 6.58. The Hall–Kier alpha value is -3.14. The molecule has 0 unspecified atom stereocenters. The van der Waals surface area contributed by atoms with Gasteiger partial charge in [-0.25, -0.2) is 4.68 Å². The summed E-state index contributed by atoms with van der Waals surface area (Å²) < 4.78 is 42.6. The number of amides is 1. The van der Waals surface area contributed by atoms with Crippen molar-refractivity contribution >= 4 is 17.4 Å². The Balaban J connectivity index is 1.78. The minimum absolute atomic E-state index is 0.0189. The normalized spacial score (nSPS) is 20.4. The molecule has 1 saturated heterocycles. The van der Waals surface area contributed by atoms with Gasteiger partial charge in [-0.15, -0.1) is 6.58 Å². The van der Waals surface area contributed by atoms with Gasteiger partial charge < -0.3 is 11.1 Å². The second kappa shape index (κ2) is 9.14. The van der Waals surface area contributed by atoms with Crippen LogP contribution in [0, 0.1) is 5.41 Å². The maximum Gasteiger partial charge on any atom is 0.435 e. The van der Waals surface area contributed by atoms with Gasteiger partial charge in [-0.2, -0.15) is 18.3 Å². The van der Waals surface area contributed by atoms with E-state index in [0.29, 0.717) is 11.4 Å². The van der Waals surface area contributed by atoms with Crippen molar-refractivity contribution in [2.75, 3.05) is 25.0 Å². The number of likely N-dealkylation sites (tertiary alicyclic amines) is 1. The summed E-state index contributed by atoms with van der Waals surface area (Å²) in [6, 6.07) is 4.61. The van der Waals surface area contributed by atoms with Gasteiger partial charge in [0.25, 0.3) is 5.91 Å². The molecule has 0 bridgehead atoms. The smallest absolute Gasteiger partial charge is 0.380 e. The number of carbonyl (C=O) groups excluding carboxylic acids is 2. The summed E-state index contributed by atoms with van der Waals surface area (Å²) in [6.07, 6.45) is -0.830. The van der Waals surface area contributed by atoms with Gasteiger partial charge >= 0.3 is 6.18 Å². The first kappa shape index (κ1) is 25.0. The molecular weight excluding hydrogens is 459 g/mol.